The molecule has 0 bridgehead atoms. The molecule has 25 heavy (non-hydrogen) atoms. The van der Waals surface area contributed by atoms with Gasteiger partial charge in [0.15, 0.2) is 5.76 Å². The zero-order valence-electron chi connectivity index (χ0n) is 14.4. The molecule has 1 heterocycles. The van der Waals surface area contributed by atoms with Crippen LogP contribution < -0.4 is 15.4 Å². The molecule has 0 fully saturated rings. The lowest BCUT2D eigenvalue weighted by atomic mass is 10.0. The number of aliphatic hydroxyl groups excluding tert-OH is 1. The van der Waals surface area contributed by atoms with Gasteiger partial charge in [-0.25, -0.2) is 0 Å². The molecule has 1 aromatic heterocycles. The number of nitrogens with one attached hydrogen (secondary N) is 2. The normalized spacial score (nSPS) is 13.0. The van der Waals surface area contributed by atoms with Crippen molar-refractivity contribution in [2.75, 3.05) is 7.11 Å². The molecule has 0 aliphatic rings. The minimum atomic E-state index is -0.872. The van der Waals surface area contributed by atoms with Crippen molar-refractivity contribution in [3.05, 3.63) is 53.5 Å². The van der Waals surface area contributed by atoms with Crippen LogP contribution in [0, 0.1) is 0 Å². The van der Waals surface area contributed by atoms with Gasteiger partial charge in [0.25, 0.3) is 5.91 Å². The summed E-state index contributed by atoms with van der Waals surface area (Å²) in [5, 5.41) is 15.7. The molecule has 1 aromatic carbocycles. The third kappa shape index (κ3) is 5.09. The van der Waals surface area contributed by atoms with Crippen LogP contribution in [0.5, 0.6) is 5.75 Å². The molecule has 134 valence electrons. The van der Waals surface area contributed by atoms with E-state index in [9.17, 15) is 14.7 Å². The van der Waals surface area contributed by atoms with E-state index in [0.717, 1.165) is 0 Å². The van der Waals surface area contributed by atoms with E-state index in [2.05, 4.69) is 10.6 Å². The van der Waals surface area contributed by atoms with Crippen LogP contribution in [0.15, 0.2) is 40.8 Å². The van der Waals surface area contributed by atoms with E-state index in [1.54, 1.807) is 44.4 Å². The standard InChI is InChI=1S/C18H22N2O5/c1-11(17(22)13-4-6-14(24-3)7-5-13)20-18(23)16-9-8-15(25-16)10-19-12(2)21/h4-9,11,17,22H,10H2,1-3H3,(H,19,21)(H,20,23)/t11-,17+/m1/s1. The summed E-state index contributed by atoms with van der Waals surface area (Å²) in [6, 6.07) is 9.59. The Bertz CT molecular complexity index is 723. The number of carbonyl (C=O) groups is 2. The Morgan fingerprint density at radius 1 is 1.20 bits per heavy atom. The van der Waals surface area contributed by atoms with Gasteiger partial charge in [-0.3, -0.25) is 9.59 Å². The molecule has 2 rings (SSSR count). The number of hydrogen-bond donors (Lipinski definition) is 3. The van der Waals surface area contributed by atoms with Crippen molar-refractivity contribution in [3.63, 3.8) is 0 Å². The highest BCUT2D eigenvalue weighted by Crippen LogP contribution is 2.20. The molecule has 2 aromatic rings. The maximum absolute atomic E-state index is 12.2. The number of hydrogen-bond acceptors (Lipinski definition) is 5. The van der Waals surface area contributed by atoms with E-state index in [-0.39, 0.29) is 18.2 Å². The van der Waals surface area contributed by atoms with Gasteiger partial charge in [-0.05, 0) is 36.8 Å². The highest BCUT2D eigenvalue weighted by atomic mass is 16.5. The van der Waals surface area contributed by atoms with Crippen LogP contribution in [-0.4, -0.2) is 30.1 Å². The molecule has 7 heteroatoms. The number of carbonyl (C=O) groups excluding carboxylic acids is 2. The van der Waals surface area contributed by atoms with Crippen molar-refractivity contribution >= 4 is 11.8 Å². The van der Waals surface area contributed by atoms with E-state index < -0.39 is 18.1 Å². The van der Waals surface area contributed by atoms with Crippen molar-refractivity contribution < 1.29 is 23.8 Å². The largest absolute Gasteiger partial charge is 0.497 e. The Labute approximate surface area is 146 Å². The molecular formula is C18H22N2O5. The summed E-state index contributed by atoms with van der Waals surface area (Å²) in [6.45, 7) is 3.32. The third-order valence-electron chi connectivity index (χ3n) is 3.69. The molecule has 7 nitrogen and oxygen atoms in total. The Balaban J connectivity index is 1.95. The molecule has 0 saturated heterocycles. The Kier molecular flexibility index (Phi) is 6.19. The van der Waals surface area contributed by atoms with E-state index in [1.165, 1.54) is 13.0 Å². The van der Waals surface area contributed by atoms with Crippen LogP contribution in [0.3, 0.4) is 0 Å². The van der Waals surface area contributed by atoms with Gasteiger partial charge in [0.2, 0.25) is 5.91 Å². The molecular weight excluding hydrogens is 324 g/mol. The summed E-state index contributed by atoms with van der Waals surface area (Å²) < 4.78 is 10.5. The van der Waals surface area contributed by atoms with Crippen LogP contribution in [0.4, 0.5) is 0 Å². The number of aliphatic hydroxyl groups is 1. The minimum absolute atomic E-state index is 0.120. The first-order valence-corrected chi connectivity index (χ1v) is 7.86. The van der Waals surface area contributed by atoms with E-state index in [4.69, 9.17) is 9.15 Å². The van der Waals surface area contributed by atoms with E-state index in [0.29, 0.717) is 17.1 Å². The average molecular weight is 346 g/mol. The Morgan fingerprint density at radius 3 is 2.48 bits per heavy atom. The zero-order valence-corrected chi connectivity index (χ0v) is 14.4. The fraction of sp³-hybridized carbons (Fsp3) is 0.333. The summed E-state index contributed by atoms with van der Waals surface area (Å²) >= 11 is 0. The molecule has 3 N–H and O–H groups in total. The first kappa shape index (κ1) is 18.5. The predicted molar refractivity (Wildman–Crippen MR) is 91.1 cm³/mol. The third-order valence-corrected chi connectivity index (χ3v) is 3.69. The maximum atomic E-state index is 12.2. The molecule has 0 radical (unpaired) electrons. The highest BCUT2D eigenvalue weighted by Gasteiger charge is 2.21. The van der Waals surface area contributed by atoms with E-state index in [1.807, 2.05) is 0 Å². The van der Waals surface area contributed by atoms with Gasteiger partial charge in [-0.1, -0.05) is 12.1 Å². The summed E-state index contributed by atoms with van der Waals surface area (Å²) in [6.07, 6.45) is -0.872. The maximum Gasteiger partial charge on any atom is 0.287 e. The van der Waals surface area contributed by atoms with Gasteiger partial charge in [0.05, 0.1) is 25.8 Å². The smallest absolute Gasteiger partial charge is 0.287 e. The SMILES string of the molecule is COc1ccc([C@@H](O)[C@@H](C)NC(=O)c2ccc(CNC(C)=O)o2)cc1. The summed E-state index contributed by atoms with van der Waals surface area (Å²) in [5.74, 6) is 0.667. The second kappa shape index (κ2) is 8.34. The van der Waals surface area contributed by atoms with Gasteiger partial charge in [-0.2, -0.15) is 0 Å². The predicted octanol–water partition coefficient (Wildman–Crippen LogP) is 1.78. The topological polar surface area (TPSA) is 101 Å². The fourth-order valence-electron chi connectivity index (χ4n) is 2.25. The van der Waals surface area contributed by atoms with E-state index >= 15 is 0 Å². The van der Waals surface area contributed by atoms with Gasteiger partial charge in [0.1, 0.15) is 11.5 Å². The fourth-order valence-corrected chi connectivity index (χ4v) is 2.25. The highest BCUT2D eigenvalue weighted by molar-refractivity contribution is 5.91. The number of methoxy groups -OCH3 is 1. The van der Waals surface area contributed by atoms with Crippen LogP contribution in [0.25, 0.3) is 0 Å². The molecule has 0 unspecified atom stereocenters. The van der Waals surface area contributed by atoms with Crippen molar-refractivity contribution in [2.24, 2.45) is 0 Å². The Morgan fingerprint density at radius 2 is 1.88 bits per heavy atom. The summed E-state index contributed by atoms with van der Waals surface area (Å²) in [4.78, 5) is 23.1. The molecule has 0 aliphatic heterocycles. The van der Waals surface area contributed by atoms with Crippen LogP contribution in [0.2, 0.25) is 0 Å². The number of amides is 2. The van der Waals surface area contributed by atoms with Crippen molar-refractivity contribution in [3.8, 4) is 5.75 Å². The number of ether oxygens (including phenoxy) is 1. The first-order chi connectivity index (χ1) is 11.9. The zero-order chi connectivity index (χ0) is 18.4. The van der Waals surface area contributed by atoms with Gasteiger partial charge in [-0.15, -0.1) is 0 Å². The molecule has 0 aliphatic carbocycles. The van der Waals surface area contributed by atoms with Crippen LogP contribution in [0.1, 0.15) is 41.8 Å². The van der Waals surface area contributed by atoms with Crippen LogP contribution in [-0.2, 0) is 11.3 Å². The van der Waals surface area contributed by atoms with Crippen LogP contribution >= 0.6 is 0 Å². The van der Waals surface area contributed by atoms with Crippen molar-refractivity contribution in [1.82, 2.24) is 10.6 Å². The monoisotopic (exact) mass is 346 g/mol. The lowest BCUT2D eigenvalue weighted by Gasteiger charge is -2.20. The molecule has 2 atom stereocenters. The number of furan rings is 1. The minimum Gasteiger partial charge on any atom is -0.497 e. The number of benzene rings is 1. The summed E-state index contributed by atoms with van der Waals surface area (Å²) in [5.41, 5.74) is 0.666. The van der Waals surface area contributed by atoms with Gasteiger partial charge < -0.3 is 24.9 Å². The molecule has 2 amide bonds. The van der Waals surface area contributed by atoms with Crippen molar-refractivity contribution in [2.45, 2.75) is 32.5 Å². The summed E-state index contributed by atoms with van der Waals surface area (Å²) in [7, 11) is 1.57. The van der Waals surface area contributed by atoms with Gasteiger partial charge >= 0.3 is 0 Å². The first-order valence-electron chi connectivity index (χ1n) is 7.86. The second-order valence-electron chi connectivity index (χ2n) is 5.66. The average Bonchev–Trinajstić information content (AvgIpc) is 3.08. The van der Waals surface area contributed by atoms with Crippen molar-refractivity contribution in [1.29, 1.82) is 0 Å². The molecule has 0 saturated carbocycles. The quantitative estimate of drug-likeness (QED) is 0.709. The Hall–Kier alpha value is -2.80. The van der Waals surface area contributed by atoms with Gasteiger partial charge in [0, 0.05) is 6.92 Å². The molecule has 0 spiro atoms. The lowest BCUT2D eigenvalue weighted by Crippen LogP contribution is -2.36. The number of rotatable bonds is 7. The lowest BCUT2D eigenvalue weighted by molar-refractivity contribution is -0.119. The second-order valence-corrected chi connectivity index (χ2v) is 5.66.